The van der Waals surface area contributed by atoms with Crippen LogP contribution in [0, 0.1) is 5.82 Å². The molecule has 1 aliphatic rings. The van der Waals surface area contributed by atoms with Crippen LogP contribution in [0.3, 0.4) is 0 Å². The second kappa shape index (κ2) is 11.5. The highest BCUT2D eigenvalue weighted by molar-refractivity contribution is 6.29. The van der Waals surface area contributed by atoms with Crippen LogP contribution in [0.25, 0.3) is 11.0 Å². The highest BCUT2D eigenvalue weighted by Crippen LogP contribution is 2.33. The number of nitrogens with one attached hydrogen (secondary N) is 1. The first-order valence-corrected chi connectivity index (χ1v) is 12.2. The van der Waals surface area contributed by atoms with Gasteiger partial charge in [0.1, 0.15) is 16.6 Å². The van der Waals surface area contributed by atoms with Crippen molar-refractivity contribution < 1.29 is 41.8 Å². The van der Waals surface area contributed by atoms with E-state index in [1.165, 1.54) is 24.3 Å². The van der Waals surface area contributed by atoms with Crippen LogP contribution >= 0.6 is 11.6 Å². The van der Waals surface area contributed by atoms with Crippen molar-refractivity contribution in [3.8, 4) is 0 Å². The number of carbonyl (C=O) groups is 2. The average molecular weight is 594 g/mol. The molecule has 1 atom stereocenters. The number of benzene rings is 2. The summed E-state index contributed by atoms with van der Waals surface area (Å²) in [6.07, 6.45) is -5.08. The molecule has 1 unspecified atom stereocenters. The molecular formula is C27H20ClF4N3O6. The van der Waals surface area contributed by atoms with E-state index in [1.54, 1.807) is 6.92 Å². The van der Waals surface area contributed by atoms with Crippen molar-refractivity contribution in [1.82, 2.24) is 4.98 Å². The summed E-state index contributed by atoms with van der Waals surface area (Å²) >= 11 is 5.84. The third-order valence-corrected chi connectivity index (χ3v) is 6.32. The van der Waals surface area contributed by atoms with E-state index in [-0.39, 0.29) is 32.9 Å². The summed E-state index contributed by atoms with van der Waals surface area (Å²) in [6, 6.07) is 14.1. The minimum Gasteiger partial charge on any atom is -0.476 e. The Morgan fingerprint density at radius 3 is 2.24 bits per heavy atom. The second-order valence-corrected chi connectivity index (χ2v) is 9.34. The normalized spacial score (nSPS) is 13.3. The van der Waals surface area contributed by atoms with Crippen LogP contribution in [0.4, 0.5) is 29.1 Å². The molecule has 2 aromatic carbocycles. The van der Waals surface area contributed by atoms with E-state index < -0.39 is 30.0 Å². The number of hydrogen-bond acceptors (Lipinski definition) is 7. The molecule has 3 N–H and O–H groups in total. The van der Waals surface area contributed by atoms with E-state index in [4.69, 9.17) is 25.9 Å². The number of aromatic carboxylic acids is 1. The lowest BCUT2D eigenvalue weighted by molar-refractivity contribution is -0.192. The minimum absolute atomic E-state index is 0.0362. The molecule has 41 heavy (non-hydrogen) atoms. The summed E-state index contributed by atoms with van der Waals surface area (Å²) < 4.78 is 52.4. The number of carboxylic acids is 2. The van der Waals surface area contributed by atoms with Crippen LogP contribution in [0.5, 0.6) is 0 Å². The van der Waals surface area contributed by atoms with E-state index in [0.29, 0.717) is 24.5 Å². The van der Waals surface area contributed by atoms with Crippen molar-refractivity contribution in [3.63, 3.8) is 0 Å². The van der Waals surface area contributed by atoms with Gasteiger partial charge in [-0.25, -0.2) is 19.0 Å². The van der Waals surface area contributed by atoms with Crippen LogP contribution < -0.4 is 15.6 Å². The monoisotopic (exact) mass is 593 g/mol. The van der Waals surface area contributed by atoms with E-state index in [1.807, 2.05) is 29.2 Å². The average Bonchev–Trinajstić information content (AvgIpc) is 3.34. The van der Waals surface area contributed by atoms with Gasteiger partial charge in [-0.2, -0.15) is 13.2 Å². The maximum absolute atomic E-state index is 14.5. The van der Waals surface area contributed by atoms with Crippen molar-refractivity contribution >= 4 is 46.1 Å². The summed E-state index contributed by atoms with van der Waals surface area (Å²) in [6.45, 7) is 2.90. The number of rotatable bonds is 5. The zero-order valence-electron chi connectivity index (χ0n) is 21.0. The van der Waals surface area contributed by atoms with Crippen LogP contribution in [0.2, 0.25) is 5.15 Å². The molecule has 0 spiro atoms. The maximum Gasteiger partial charge on any atom is 0.490 e. The summed E-state index contributed by atoms with van der Waals surface area (Å²) in [4.78, 5) is 39.2. The van der Waals surface area contributed by atoms with Crippen LogP contribution in [-0.2, 0) is 17.9 Å². The maximum atomic E-state index is 14.5. The molecule has 4 aromatic rings. The van der Waals surface area contributed by atoms with Gasteiger partial charge in [0, 0.05) is 24.7 Å². The van der Waals surface area contributed by atoms with Crippen LogP contribution in [0.15, 0.2) is 63.8 Å². The zero-order valence-corrected chi connectivity index (χ0v) is 21.8. The van der Waals surface area contributed by atoms with Gasteiger partial charge in [-0.05, 0) is 42.3 Å². The predicted octanol–water partition coefficient (Wildman–Crippen LogP) is 6.01. The molecule has 214 valence electrons. The predicted molar refractivity (Wildman–Crippen MR) is 141 cm³/mol. The quantitative estimate of drug-likeness (QED) is 0.188. The molecular weight excluding hydrogens is 574 g/mol. The van der Waals surface area contributed by atoms with Crippen molar-refractivity contribution in [3.05, 3.63) is 98.2 Å². The molecule has 0 saturated heterocycles. The fraction of sp³-hybridized carbons (Fsp3) is 0.185. The lowest BCUT2D eigenvalue weighted by Crippen LogP contribution is -2.21. The van der Waals surface area contributed by atoms with Crippen molar-refractivity contribution in [2.45, 2.75) is 32.2 Å². The number of alkyl halides is 3. The first-order chi connectivity index (χ1) is 19.2. The summed E-state index contributed by atoms with van der Waals surface area (Å²) in [5.41, 5.74) is 2.48. The molecule has 0 fully saturated rings. The van der Waals surface area contributed by atoms with Crippen LogP contribution in [-0.4, -0.2) is 33.3 Å². The van der Waals surface area contributed by atoms with Crippen LogP contribution in [0.1, 0.15) is 40.1 Å². The van der Waals surface area contributed by atoms with Gasteiger partial charge in [0.15, 0.2) is 11.1 Å². The molecule has 14 heteroatoms. The van der Waals surface area contributed by atoms with Crippen molar-refractivity contribution in [2.75, 3.05) is 10.2 Å². The molecule has 9 nitrogen and oxygen atoms in total. The topological polar surface area (TPSA) is 133 Å². The molecule has 2 aromatic heterocycles. The number of anilines is 2. The summed E-state index contributed by atoms with van der Waals surface area (Å²) in [5, 5.41) is 19.8. The molecule has 3 heterocycles. The number of pyridine rings is 1. The lowest BCUT2D eigenvalue weighted by Gasteiger charge is -2.20. The Morgan fingerprint density at radius 2 is 1.68 bits per heavy atom. The smallest absolute Gasteiger partial charge is 0.476 e. The minimum atomic E-state index is -5.08. The molecule has 0 amide bonds. The Morgan fingerprint density at radius 1 is 1.07 bits per heavy atom. The Balaban J connectivity index is 0.000000493. The molecule has 5 rings (SSSR count). The van der Waals surface area contributed by atoms with Gasteiger partial charge in [-0.15, -0.1) is 0 Å². The second-order valence-electron chi connectivity index (χ2n) is 8.95. The number of aromatic nitrogens is 1. The van der Waals surface area contributed by atoms with Gasteiger partial charge in [-0.1, -0.05) is 35.9 Å². The van der Waals surface area contributed by atoms with Gasteiger partial charge in [0.05, 0.1) is 17.1 Å². The largest absolute Gasteiger partial charge is 0.490 e. The van der Waals surface area contributed by atoms with Gasteiger partial charge in [-0.3, -0.25) is 4.79 Å². The highest BCUT2D eigenvalue weighted by atomic mass is 35.5. The van der Waals surface area contributed by atoms with Gasteiger partial charge in [0.25, 0.3) is 0 Å². The standard InChI is InChI=1S/C25H19ClFN3O4.C2HF3O2/c1-13(28-19-6-7-21(26)29-23(19)25(32)33)17-8-16(27)9-18-20(31)10-22(34-24(17)18)30-11-14-4-2-3-5-15(14)12-30;3-2(4,5)1(6)7/h2-10,13,28H,11-12H2,1H3,(H,32,33);(H,6,7). The first-order valence-electron chi connectivity index (χ1n) is 11.8. The van der Waals surface area contributed by atoms with Crippen molar-refractivity contribution in [2.24, 2.45) is 0 Å². The molecule has 1 aliphatic heterocycles. The number of aliphatic carboxylic acids is 1. The third-order valence-electron chi connectivity index (χ3n) is 6.11. The number of halogens is 5. The SMILES string of the molecule is CC(Nc1ccc(Cl)nc1C(=O)O)c1cc(F)cc2c(=O)cc(N3Cc4ccccc4C3)oc12.O=C(O)C(F)(F)F. The van der Waals surface area contributed by atoms with E-state index in [9.17, 15) is 32.3 Å². The third kappa shape index (κ3) is 6.57. The van der Waals surface area contributed by atoms with Gasteiger partial charge >= 0.3 is 18.1 Å². The lowest BCUT2D eigenvalue weighted by atomic mass is 10.0. The van der Waals surface area contributed by atoms with E-state index >= 15 is 0 Å². The summed E-state index contributed by atoms with van der Waals surface area (Å²) in [5.74, 6) is -4.23. The number of nitrogens with zero attached hydrogens (tertiary/aromatic N) is 2. The van der Waals surface area contributed by atoms with E-state index in [2.05, 4.69) is 10.3 Å². The fourth-order valence-electron chi connectivity index (χ4n) is 4.23. The Hall–Kier alpha value is -4.65. The van der Waals surface area contributed by atoms with Gasteiger partial charge in [0.2, 0.25) is 5.88 Å². The molecule has 0 saturated carbocycles. The summed E-state index contributed by atoms with van der Waals surface area (Å²) in [7, 11) is 0. The molecule has 0 bridgehead atoms. The molecule has 0 radical (unpaired) electrons. The Bertz CT molecular complexity index is 1680. The first kappa shape index (κ1) is 29.3. The van der Waals surface area contributed by atoms with E-state index in [0.717, 1.165) is 17.2 Å². The molecule has 0 aliphatic carbocycles. The fourth-order valence-corrected chi connectivity index (χ4v) is 4.38. The Labute approximate surface area is 233 Å². The zero-order chi connectivity index (χ0) is 30.1. The highest BCUT2D eigenvalue weighted by Gasteiger charge is 2.38. The van der Waals surface area contributed by atoms with Crippen molar-refractivity contribution in [1.29, 1.82) is 0 Å². The van der Waals surface area contributed by atoms with Gasteiger partial charge < -0.3 is 24.8 Å². The number of fused-ring (bicyclic) bond motifs is 2. The number of hydrogen-bond donors (Lipinski definition) is 3. The number of carboxylic acid groups (broad SMARTS) is 2. The Kier molecular flexibility index (Phi) is 8.19.